The molecule has 0 bridgehead atoms. The number of nitrogens with zero attached hydrogens (tertiary/aromatic N) is 6. The number of aliphatic hydroxyl groups is 1. The van der Waals surface area contributed by atoms with Crippen molar-refractivity contribution in [1.82, 2.24) is 29.0 Å². The second kappa shape index (κ2) is 9.17. The molecule has 0 radical (unpaired) electrons. The van der Waals surface area contributed by atoms with Crippen LogP contribution in [-0.2, 0) is 12.0 Å². The van der Waals surface area contributed by atoms with E-state index < -0.39 is 5.60 Å². The number of nitrogens with one attached hydrogen (secondary N) is 1. The smallest absolute Gasteiger partial charge is 0.229 e. The van der Waals surface area contributed by atoms with Crippen molar-refractivity contribution in [1.29, 1.82) is 0 Å². The Morgan fingerprint density at radius 2 is 1.90 bits per heavy atom. The number of aryl methyl sites for hydroxylation is 2. The summed E-state index contributed by atoms with van der Waals surface area (Å²) in [5, 5.41) is 16.7. The molecule has 0 amide bonds. The van der Waals surface area contributed by atoms with Gasteiger partial charge in [0.1, 0.15) is 11.4 Å². The lowest BCUT2D eigenvalue weighted by molar-refractivity contribution is 0.0306. The van der Waals surface area contributed by atoms with E-state index in [1.54, 1.807) is 0 Å². The summed E-state index contributed by atoms with van der Waals surface area (Å²) >= 11 is 0. The molecule has 2 N–H and O–H groups in total. The molecule has 7 rings (SSSR count). The van der Waals surface area contributed by atoms with Crippen LogP contribution in [0.2, 0.25) is 0 Å². The zero-order valence-corrected chi connectivity index (χ0v) is 22.9. The first-order valence-electron chi connectivity index (χ1n) is 14.1. The van der Waals surface area contributed by atoms with E-state index in [2.05, 4.69) is 80.9 Å². The molecule has 2 aliphatic rings. The van der Waals surface area contributed by atoms with Gasteiger partial charge in [0, 0.05) is 46.1 Å². The van der Waals surface area contributed by atoms with E-state index in [1.807, 2.05) is 19.2 Å². The van der Waals surface area contributed by atoms with E-state index in [0.717, 1.165) is 65.4 Å². The Kier molecular flexibility index (Phi) is 5.72. The topological polar surface area (TPSA) is 84.0 Å². The van der Waals surface area contributed by atoms with Crippen molar-refractivity contribution in [3.05, 3.63) is 71.8 Å². The average Bonchev–Trinajstić information content (AvgIpc) is 3.62. The first-order chi connectivity index (χ1) is 18.9. The number of piperidine rings is 1. The molecule has 1 fully saturated rings. The van der Waals surface area contributed by atoms with Gasteiger partial charge >= 0.3 is 0 Å². The molecule has 200 valence electrons. The van der Waals surface area contributed by atoms with Gasteiger partial charge in [0.25, 0.3) is 0 Å². The van der Waals surface area contributed by atoms with Crippen LogP contribution < -0.4 is 5.32 Å². The van der Waals surface area contributed by atoms with E-state index in [-0.39, 0.29) is 0 Å². The second-order valence-corrected chi connectivity index (χ2v) is 11.3. The molecule has 1 aromatic carbocycles. The van der Waals surface area contributed by atoms with Crippen LogP contribution in [0.15, 0.2) is 54.9 Å². The second-order valence-electron chi connectivity index (χ2n) is 11.3. The molecule has 0 unspecified atom stereocenters. The van der Waals surface area contributed by atoms with Crippen molar-refractivity contribution >= 4 is 33.6 Å². The number of fused-ring (bicyclic) bond motifs is 3. The van der Waals surface area contributed by atoms with Gasteiger partial charge in [-0.05, 0) is 101 Å². The van der Waals surface area contributed by atoms with Crippen LogP contribution in [-0.4, -0.2) is 54.2 Å². The summed E-state index contributed by atoms with van der Waals surface area (Å²) in [6.45, 7) is 6.36. The highest BCUT2D eigenvalue weighted by atomic mass is 16.3. The molecule has 0 spiro atoms. The van der Waals surface area contributed by atoms with E-state index in [4.69, 9.17) is 9.97 Å². The van der Waals surface area contributed by atoms with E-state index in [0.29, 0.717) is 18.4 Å². The normalized spacial score (nSPS) is 20.2. The van der Waals surface area contributed by atoms with Gasteiger partial charge in [-0.15, -0.1) is 0 Å². The molecule has 4 aromatic heterocycles. The van der Waals surface area contributed by atoms with Crippen molar-refractivity contribution in [3.8, 4) is 5.82 Å². The maximum absolute atomic E-state index is 11.1. The zero-order valence-electron chi connectivity index (χ0n) is 22.9. The van der Waals surface area contributed by atoms with Crippen LogP contribution in [0.3, 0.4) is 0 Å². The molecule has 5 aromatic rings. The van der Waals surface area contributed by atoms with Gasteiger partial charge in [0.2, 0.25) is 5.95 Å². The first kappa shape index (κ1) is 24.3. The molecule has 8 heteroatoms. The van der Waals surface area contributed by atoms with E-state index in [1.165, 1.54) is 23.7 Å². The minimum atomic E-state index is -0.852. The van der Waals surface area contributed by atoms with Crippen LogP contribution in [0.1, 0.15) is 55.6 Å². The molecule has 1 aliphatic heterocycles. The van der Waals surface area contributed by atoms with Crippen LogP contribution >= 0.6 is 0 Å². The van der Waals surface area contributed by atoms with E-state index in [9.17, 15) is 5.11 Å². The molecule has 1 aliphatic carbocycles. The van der Waals surface area contributed by atoms with Gasteiger partial charge in [-0.3, -0.25) is 4.57 Å². The molecule has 5 heterocycles. The third kappa shape index (κ3) is 4.10. The van der Waals surface area contributed by atoms with Crippen LogP contribution in [0, 0.1) is 6.92 Å². The summed E-state index contributed by atoms with van der Waals surface area (Å²) in [6, 6.07) is 15.5. The minimum absolute atomic E-state index is 0.544. The number of pyridine rings is 1. The van der Waals surface area contributed by atoms with Crippen molar-refractivity contribution in [3.63, 3.8) is 0 Å². The molecular weight excluding hydrogens is 486 g/mol. The number of hydrogen-bond donors (Lipinski definition) is 2. The number of hydrogen-bond acceptors (Lipinski definition) is 6. The van der Waals surface area contributed by atoms with Gasteiger partial charge in [-0.25, -0.2) is 9.97 Å². The van der Waals surface area contributed by atoms with Crippen LogP contribution in [0.5, 0.6) is 0 Å². The quantitative estimate of drug-likeness (QED) is 0.312. The highest BCUT2D eigenvalue weighted by Crippen LogP contribution is 2.39. The Hall–Kier alpha value is -3.75. The summed E-state index contributed by atoms with van der Waals surface area (Å²) in [7, 11) is 2.20. The lowest BCUT2D eigenvalue weighted by Crippen LogP contribution is -2.31. The Bertz CT molecular complexity index is 1690. The molecule has 39 heavy (non-hydrogen) atoms. The Labute approximate surface area is 228 Å². The van der Waals surface area contributed by atoms with Crippen molar-refractivity contribution < 1.29 is 5.11 Å². The summed E-state index contributed by atoms with van der Waals surface area (Å²) in [4.78, 5) is 16.9. The third-order valence-electron chi connectivity index (χ3n) is 8.81. The highest BCUT2D eigenvalue weighted by Gasteiger charge is 2.37. The van der Waals surface area contributed by atoms with Gasteiger partial charge < -0.3 is 19.9 Å². The monoisotopic (exact) mass is 521 g/mol. The fraction of sp³-hybridized carbons (Fsp3) is 0.387. The van der Waals surface area contributed by atoms with Gasteiger partial charge in [-0.2, -0.15) is 4.98 Å². The highest BCUT2D eigenvalue weighted by molar-refractivity contribution is 5.85. The first-order valence-corrected chi connectivity index (χ1v) is 14.1. The molecule has 8 nitrogen and oxygen atoms in total. The molecule has 1 saturated heterocycles. The predicted octanol–water partition coefficient (Wildman–Crippen LogP) is 5.63. The summed E-state index contributed by atoms with van der Waals surface area (Å²) in [5.74, 6) is 1.32. The Morgan fingerprint density at radius 1 is 1.05 bits per heavy atom. The molecule has 1 atom stereocenters. The summed E-state index contributed by atoms with van der Waals surface area (Å²) < 4.78 is 4.50. The third-order valence-corrected chi connectivity index (χ3v) is 8.81. The molecular formula is C31H35N7O. The van der Waals surface area contributed by atoms with Gasteiger partial charge in [-0.1, -0.05) is 13.0 Å². The summed E-state index contributed by atoms with van der Waals surface area (Å²) in [6.07, 6.45) is 8.70. The predicted molar refractivity (Wildman–Crippen MR) is 155 cm³/mol. The number of anilines is 2. The standard InChI is InChI=1S/C31H35N7O/c1-4-31(39)13-9-21-5-8-27(34-28(21)31)38-20(2)17-23-19-32-30(35-29(23)38)33-24-6-7-26-22(18-24)10-16-37(26)25-11-14-36(3)15-12-25/h5-8,10,16-19,25,39H,4,9,11-15H2,1-3H3,(H,32,33,35)/t31-/m1/s1. The maximum atomic E-state index is 11.1. The van der Waals surface area contributed by atoms with Crippen molar-refractivity contribution in [2.24, 2.45) is 0 Å². The summed E-state index contributed by atoms with van der Waals surface area (Å²) in [5.41, 5.74) is 5.14. The maximum Gasteiger partial charge on any atom is 0.229 e. The van der Waals surface area contributed by atoms with Crippen molar-refractivity contribution in [2.75, 3.05) is 25.5 Å². The molecule has 0 saturated carbocycles. The Morgan fingerprint density at radius 3 is 2.72 bits per heavy atom. The van der Waals surface area contributed by atoms with Crippen molar-refractivity contribution in [2.45, 2.75) is 57.6 Å². The number of likely N-dealkylation sites (tertiary alicyclic amines) is 1. The van der Waals surface area contributed by atoms with E-state index >= 15 is 0 Å². The fourth-order valence-corrected chi connectivity index (χ4v) is 6.44. The van der Waals surface area contributed by atoms with Crippen LogP contribution in [0.25, 0.3) is 27.8 Å². The fourth-order valence-electron chi connectivity index (χ4n) is 6.44. The number of aromatic nitrogens is 5. The Balaban J connectivity index is 1.20. The number of benzene rings is 1. The van der Waals surface area contributed by atoms with Gasteiger partial charge in [0.05, 0.1) is 5.69 Å². The van der Waals surface area contributed by atoms with Crippen LogP contribution in [0.4, 0.5) is 11.6 Å². The average molecular weight is 522 g/mol. The zero-order chi connectivity index (χ0) is 26.7. The minimum Gasteiger partial charge on any atom is -0.384 e. The lowest BCUT2D eigenvalue weighted by Gasteiger charge is -2.30. The SMILES string of the molecule is CC[C@@]1(O)CCc2ccc(-n3c(C)cc4cnc(Nc5ccc6c(ccn6C6CCN(C)CC6)c5)nc43)nc21. The van der Waals surface area contributed by atoms with Gasteiger partial charge in [0.15, 0.2) is 5.65 Å². The number of rotatable bonds is 5. The largest absolute Gasteiger partial charge is 0.384 e. The lowest BCUT2D eigenvalue weighted by atomic mass is 9.98.